The van der Waals surface area contributed by atoms with Crippen molar-refractivity contribution in [2.24, 2.45) is 5.41 Å². The minimum atomic E-state index is -0.816. The van der Waals surface area contributed by atoms with Crippen molar-refractivity contribution in [1.82, 2.24) is 10.2 Å². The number of rotatable bonds is 7. The normalized spacial score (nSPS) is 16.8. The van der Waals surface area contributed by atoms with Gasteiger partial charge >= 0.3 is 12.0 Å². The zero-order chi connectivity index (χ0) is 13.6. The maximum atomic E-state index is 11.8. The summed E-state index contributed by atoms with van der Waals surface area (Å²) in [6, 6.07) is -0.0971. The van der Waals surface area contributed by atoms with Gasteiger partial charge in [-0.3, -0.25) is 4.79 Å². The fraction of sp³-hybridized carbons (Fsp3) is 0.846. The molecule has 1 saturated carbocycles. The van der Waals surface area contributed by atoms with Crippen LogP contribution in [0.4, 0.5) is 4.79 Å². The number of carbonyl (C=O) groups is 2. The Morgan fingerprint density at radius 3 is 2.50 bits per heavy atom. The van der Waals surface area contributed by atoms with Crippen LogP contribution in [-0.2, 0) is 4.79 Å². The van der Waals surface area contributed by atoms with E-state index >= 15 is 0 Å². The molecule has 0 spiro atoms. The Bertz CT molecular complexity index is 295. The van der Waals surface area contributed by atoms with E-state index in [2.05, 4.69) is 12.2 Å². The van der Waals surface area contributed by atoms with Crippen molar-refractivity contribution in [3.63, 3.8) is 0 Å². The van der Waals surface area contributed by atoms with Gasteiger partial charge in [0.05, 0.1) is 0 Å². The second-order valence-electron chi connectivity index (χ2n) is 5.28. The standard InChI is InChI=1S/C13H24N2O3/c1-3-13(7-5-8-13)10-14-12(18)15(2)9-4-6-11(16)17/h3-10H2,1-2H3,(H,14,18)(H,16,17). The van der Waals surface area contributed by atoms with Gasteiger partial charge in [0, 0.05) is 26.6 Å². The summed E-state index contributed by atoms with van der Waals surface area (Å²) in [5, 5.41) is 11.5. The fourth-order valence-corrected chi connectivity index (χ4v) is 2.30. The van der Waals surface area contributed by atoms with Gasteiger partial charge in [0.1, 0.15) is 0 Å². The molecule has 1 aliphatic rings. The molecule has 0 aromatic rings. The van der Waals surface area contributed by atoms with Crippen LogP contribution in [0.15, 0.2) is 0 Å². The molecule has 18 heavy (non-hydrogen) atoms. The van der Waals surface area contributed by atoms with Gasteiger partial charge in [-0.15, -0.1) is 0 Å². The quantitative estimate of drug-likeness (QED) is 0.732. The van der Waals surface area contributed by atoms with Crippen molar-refractivity contribution in [2.75, 3.05) is 20.1 Å². The van der Waals surface area contributed by atoms with E-state index in [1.165, 1.54) is 19.3 Å². The first-order valence-corrected chi connectivity index (χ1v) is 6.70. The summed E-state index contributed by atoms with van der Waals surface area (Å²) in [5.41, 5.74) is 0.317. The van der Waals surface area contributed by atoms with E-state index in [0.717, 1.165) is 13.0 Å². The Morgan fingerprint density at radius 1 is 1.39 bits per heavy atom. The molecule has 5 heteroatoms. The summed E-state index contributed by atoms with van der Waals surface area (Å²) in [6.07, 6.45) is 5.38. The largest absolute Gasteiger partial charge is 0.481 e. The monoisotopic (exact) mass is 256 g/mol. The van der Waals surface area contributed by atoms with E-state index in [0.29, 0.717) is 18.4 Å². The molecule has 2 N–H and O–H groups in total. The highest BCUT2D eigenvalue weighted by atomic mass is 16.4. The number of amides is 2. The fourth-order valence-electron chi connectivity index (χ4n) is 2.30. The van der Waals surface area contributed by atoms with Gasteiger partial charge in [-0.25, -0.2) is 4.79 Å². The molecule has 0 heterocycles. The summed E-state index contributed by atoms with van der Waals surface area (Å²) in [6.45, 7) is 3.39. The molecule has 0 aliphatic heterocycles. The Balaban J connectivity index is 2.21. The Labute approximate surface area is 109 Å². The molecule has 1 rings (SSSR count). The van der Waals surface area contributed by atoms with Crippen LogP contribution in [0.2, 0.25) is 0 Å². The molecule has 0 bridgehead atoms. The van der Waals surface area contributed by atoms with Crippen molar-refractivity contribution in [3.8, 4) is 0 Å². The zero-order valence-electron chi connectivity index (χ0n) is 11.4. The first-order chi connectivity index (χ1) is 8.49. The van der Waals surface area contributed by atoms with Crippen molar-refractivity contribution in [1.29, 1.82) is 0 Å². The molecular weight excluding hydrogens is 232 g/mol. The Morgan fingerprint density at radius 2 is 2.06 bits per heavy atom. The molecule has 1 fully saturated rings. The number of nitrogens with zero attached hydrogens (tertiary/aromatic N) is 1. The van der Waals surface area contributed by atoms with Crippen LogP contribution in [0.25, 0.3) is 0 Å². The van der Waals surface area contributed by atoms with E-state index in [1.807, 2.05) is 0 Å². The van der Waals surface area contributed by atoms with Crippen LogP contribution in [0.5, 0.6) is 0 Å². The van der Waals surface area contributed by atoms with Crippen molar-refractivity contribution in [3.05, 3.63) is 0 Å². The van der Waals surface area contributed by atoms with Crippen LogP contribution in [0, 0.1) is 5.41 Å². The van der Waals surface area contributed by atoms with Crippen LogP contribution >= 0.6 is 0 Å². The Kier molecular flexibility index (Phi) is 5.44. The maximum Gasteiger partial charge on any atom is 0.317 e. The average molecular weight is 256 g/mol. The molecule has 104 valence electrons. The van der Waals surface area contributed by atoms with Crippen LogP contribution in [0.3, 0.4) is 0 Å². The summed E-state index contributed by atoms with van der Waals surface area (Å²) >= 11 is 0. The second kappa shape index (κ2) is 6.61. The number of carbonyl (C=O) groups excluding carboxylic acids is 1. The second-order valence-corrected chi connectivity index (χ2v) is 5.28. The van der Waals surface area contributed by atoms with Gasteiger partial charge in [-0.05, 0) is 31.1 Å². The van der Waals surface area contributed by atoms with Gasteiger partial charge in [-0.2, -0.15) is 0 Å². The number of aliphatic carboxylic acids is 1. The number of hydrogen-bond acceptors (Lipinski definition) is 2. The van der Waals surface area contributed by atoms with E-state index in [-0.39, 0.29) is 12.5 Å². The molecule has 1 aliphatic carbocycles. The highest BCUT2D eigenvalue weighted by molar-refractivity contribution is 5.74. The van der Waals surface area contributed by atoms with Crippen molar-refractivity contribution < 1.29 is 14.7 Å². The van der Waals surface area contributed by atoms with E-state index in [9.17, 15) is 9.59 Å². The van der Waals surface area contributed by atoms with Crippen molar-refractivity contribution in [2.45, 2.75) is 45.4 Å². The van der Waals surface area contributed by atoms with E-state index in [1.54, 1.807) is 11.9 Å². The molecule has 0 unspecified atom stereocenters. The number of carboxylic acid groups (broad SMARTS) is 1. The lowest BCUT2D eigenvalue weighted by Crippen LogP contribution is -2.46. The third kappa shape index (κ3) is 4.20. The average Bonchev–Trinajstić information content (AvgIpc) is 2.27. The molecular formula is C13H24N2O3. The molecule has 0 aromatic carbocycles. The number of hydrogen-bond donors (Lipinski definition) is 2. The minimum absolute atomic E-state index is 0.0971. The van der Waals surface area contributed by atoms with Gasteiger partial charge in [0.25, 0.3) is 0 Å². The third-order valence-electron chi connectivity index (χ3n) is 4.01. The lowest BCUT2D eigenvalue weighted by molar-refractivity contribution is -0.137. The summed E-state index contributed by atoms with van der Waals surface area (Å²) in [4.78, 5) is 23.7. The van der Waals surface area contributed by atoms with Gasteiger partial charge < -0.3 is 15.3 Å². The SMILES string of the molecule is CCC1(CNC(=O)N(C)CCCC(=O)O)CCC1. The topological polar surface area (TPSA) is 69.6 Å². The highest BCUT2D eigenvalue weighted by Gasteiger charge is 2.35. The number of urea groups is 1. The lowest BCUT2D eigenvalue weighted by atomic mass is 9.67. The summed E-state index contributed by atoms with van der Waals surface area (Å²) in [5.74, 6) is -0.816. The minimum Gasteiger partial charge on any atom is -0.481 e. The third-order valence-corrected chi connectivity index (χ3v) is 4.01. The molecule has 2 amide bonds. The number of nitrogens with one attached hydrogen (secondary N) is 1. The predicted molar refractivity (Wildman–Crippen MR) is 69.5 cm³/mol. The van der Waals surface area contributed by atoms with Gasteiger partial charge in [0.15, 0.2) is 0 Å². The smallest absolute Gasteiger partial charge is 0.317 e. The molecule has 5 nitrogen and oxygen atoms in total. The zero-order valence-corrected chi connectivity index (χ0v) is 11.4. The predicted octanol–water partition coefficient (Wildman–Crippen LogP) is 2.07. The lowest BCUT2D eigenvalue weighted by Gasteiger charge is -2.41. The van der Waals surface area contributed by atoms with E-state index < -0.39 is 5.97 Å². The molecule has 0 saturated heterocycles. The first-order valence-electron chi connectivity index (χ1n) is 6.70. The van der Waals surface area contributed by atoms with Crippen LogP contribution in [0.1, 0.15) is 45.4 Å². The van der Waals surface area contributed by atoms with Crippen molar-refractivity contribution >= 4 is 12.0 Å². The molecule has 0 atom stereocenters. The van der Waals surface area contributed by atoms with Crippen LogP contribution < -0.4 is 5.32 Å². The highest BCUT2D eigenvalue weighted by Crippen LogP contribution is 2.42. The first kappa shape index (κ1) is 14.8. The maximum absolute atomic E-state index is 11.8. The summed E-state index contributed by atoms with van der Waals surface area (Å²) < 4.78 is 0. The van der Waals surface area contributed by atoms with Gasteiger partial charge in [0.2, 0.25) is 0 Å². The number of carboxylic acids is 1. The molecule has 0 aromatic heterocycles. The summed E-state index contributed by atoms with van der Waals surface area (Å²) in [7, 11) is 1.70. The van der Waals surface area contributed by atoms with Gasteiger partial charge in [-0.1, -0.05) is 13.3 Å². The van der Waals surface area contributed by atoms with Crippen LogP contribution in [-0.4, -0.2) is 42.1 Å². The van der Waals surface area contributed by atoms with E-state index in [4.69, 9.17) is 5.11 Å². The Hall–Kier alpha value is -1.26. The molecule has 0 radical (unpaired) electrons.